The number of benzene rings is 3. The summed E-state index contributed by atoms with van der Waals surface area (Å²) in [4.78, 5) is 50.8. The summed E-state index contributed by atoms with van der Waals surface area (Å²) in [6.45, 7) is -0.298. The lowest BCUT2D eigenvalue weighted by molar-refractivity contribution is -0.122. The SMILES string of the molecule is O=C(COc1ccccc1/C=C1\C(=O)NC(=O)N(c2ccc(O)cc2)C1=O)Nc1ccccc1. The minimum Gasteiger partial charge on any atom is -0.508 e. The number of carbonyl (C=O) groups excluding carboxylic acids is 4. The number of ether oxygens (including phenoxy) is 1. The zero-order valence-electron chi connectivity index (χ0n) is 17.7. The topological polar surface area (TPSA) is 125 Å². The second kappa shape index (κ2) is 9.70. The molecule has 0 atom stereocenters. The molecule has 9 nitrogen and oxygen atoms in total. The highest BCUT2D eigenvalue weighted by atomic mass is 16.5. The van der Waals surface area contributed by atoms with Crippen LogP contribution in [0, 0.1) is 0 Å². The Morgan fingerprint density at radius 1 is 0.941 bits per heavy atom. The van der Waals surface area contributed by atoms with Gasteiger partial charge in [-0.15, -0.1) is 0 Å². The average molecular weight is 457 g/mol. The zero-order valence-corrected chi connectivity index (χ0v) is 17.7. The molecule has 1 saturated heterocycles. The molecule has 170 valence electrons. The monoisotopic (exact) mass is 457 g/mol. The number of nitrogens with zero attached hydrogens (tertiary/aromatic N) is 1. The molecule has 3 N–H and O–H groups in total. The maximum atomic E-state index is 13.0. The van der Waals surface area contributed by atoms with Crippen molar-refractivity contribution in [3.05, 3.63) is 90.0 Å². The van der Waals surface area contributed by atoms with E-state index in [-0.39, 0.29) is 35.3 Å². The van der Waals surface area contributed by atoms with E-state index in [1.54, 1.807) is 48.5 Å². The first-order valence-corrected chi connectivity index (χ1v) is 10.2. The second-order valence-corrected chi connectivity index (χ2v) is 7.21. The van der Waals surface area contributed by atoms with Gasteiger partial charge in [0.1, 0.15) is 17.1 Å². The molecule has 0 aliphatic carbocycles. The van der Waals surface area contributed by atoms with E-state index in [1.165, 1.54) is 30.3 Å². The van der Waals surface area contributed by atoms with Gasteiger partial charge < -0.3 is 15.2 Å². The zero-order chi connectivity index (χ0) is 24.1. The molecule has 1 aliphatic rings. The van der Waals surface area contributed by atoms with Crippen molar-refractivity contribution < 1.29 is 29.0 Å². The highest BCUT2D eigenvalue weighted by Gasteiger charge is 2.37. The van der Waals surface area contributed by atoms with Gasteiger partial charge in [0.15, 0.2) is 6.61 Å². The predicted molar refractivity (Wildman–Crippen MR) is 124 cm³/mol. The normalized spacial score (nSPS) is 14.6. The molecule has 3 aromatic carbocycles. The number of carbonyl (C=O) groups is 4. The van der Waals surface area contributed by atoms with Crippen LogP contribution in [-0.2, 0) is 14.4 Å². The van der Waals surface area contributed by atoms with E-state index in [1.807, 2.05) is 6.07 Å². The van der Waals surface area contributed by atoms with E-state index in [0.717, 1.165) is 4.90 Å². The van der Waals surface area contributed by atoms with Gasteiger partial charge in [-0.25, -0.2) is 9.69 Å². The largest absolute Gasteiger partial charge is 0.508 e. The van der Waals surface area contributed by atoms with Crippen molar-refractivity contribution in [1.82, 2.24) is 5.32 Å². The summed E-state index contributed by atoms with van der Waals surface area (Å²) in [5, 5.41) is 14.3. The van der Waals surface area contributed by atoms with Crippen molar-refractivity contribution in [3.63, 3.8) is 0 Å². The van der Waals surface area contributed by atoms with Gasteiger partial charge in [0.2, 0.25) is 0 Å². The van der Waals surface area contributed by atoms with Crippen molar-refractivity contribution >= 4 is 41.2 Å². The van der Waals surface area contributed by atoms with Crippen LogP contribution in [0.5, 0.6) is 11.5 Å². The van der Waals surface area contributed by atoms with E-state index in [2.05, 4.69) is 10.6 Å². The Hall–Kier alpha value is -4.92. The van der Waals surface area contributed by atoms with E-state index in [9.17, 15) is 24.3 Å². The van der Waals surface area contributed by atoms with Crippen LogP contribution in [0.1, 0.15) is 5.56 Å². The number of amides is 5. The van der Waals surface area contributed by atoms with Crippen LogP contribution in [0.2, 0.25) is 0 Å². The number of imide groups is 2. The number of hydrogen-bond donors (Lipinski definition) is 3. The van der Waals surface area contributed by atoms with Gasteiger partial charge in [0.25, 0.3) is 17.7 Å². The van der Waals surface area contributed by atoms with Crippen LogP contribution in [0.3, 0.4) is 0 Å². The Labute approximate surface area is 194 Å². The van der Waals surface area contributed by atoms with Gasteiger partial charge >= 0.3 is 6.03 Å². The second-order valence-electron chi connectivity index (χ2n) is 7.21. The first-order valence-electron chi connectivity index (χ1n) is 10.2. The van der Waals surface area contributed by atoms with Crippen LogP contribution >= 0.6 is 0 Å². The molecular formula is C25H19N3O6. The molecule has 1 fully saturated rings. The van der Waals surface area contributed by atoms with Crippen LogP contribution in [0.25, 0.3) is 6.08 Å². The molecule has 1 heterocycles. The molecule has 5 amide bonds. The first kappa shape index (κ1) is 22.3. The molecular weight excluding hydrogens is 438 g/mol. The number of nitrogens with one attached hydrogen (secondary N) is 2. The molecule has 0 radical (unpaired) electrons. The summed E-state index contributed by atoms with van der Waals surface area (Å²) in [7, 11) is 0. The maximum Gasteiger partial charge on any atom is 0.335 e. The Morgan fingerprint density at radius 2 is 1.62 bits per heavy atom. The van der Waals surface area contributed by atoms with E-state index in [4.69, 9.17) is 4.74 Å². The van der Waals surface area contributed by atoms with Gasteiger partial charge in [-0.2, -0.15) is 0 Å². The minimum atomic E-state index is -0.903. The summed E-state index contributed by atoms with van der Waals surface area (Å²) in [6, 6.07) is 19.9. The predicted octanol–water partition coefficient (Wildman–Crippen LogP) is 3.08. The highest BCUT2D eigenvalue weighted by molar-refractivity contribution is 6.39. The average Bonchev–Trinajstić information content (AvgIpc) is 2.83. The van der Waals surface area contributed by atoms with Crippen LogP contribution in [-0.4, -0.2) is 35.5 Å². The molecule has 0 saturated carbocycles. The smallest absolute Gasteiger partial charge is 0.335 e. The lowest BCUT2D eigenvalue weighted by atomic mass is 10.1. The third kappa shape index (κ3) is 4.94. The number of phenols is 1. The molecule has 3 aromatic rings. The van der Waals surface area contributed by atoms with Crippen LogP contribution in [0.4, 0.5) is 16.2 Å². The number of phenolic OH excluding ortho intramolecular Hbond substituents is 1. The number of para-hydroxylation sites is 2. The Morgan fingerprint density at radius 3 is 2.35 bits per heavy atom. The lowest BCUT2D eigenvalue weighted by Gasteiger charge is -2.26. The lowest BCUT2D eigenvalue weighted by Crippen LogP contribution is -2.54. The van der Waals surface area contributed by atoms with Gasteiger partial charge in [0, 0.05) is 11.3 Å². The van der Waals surface area contributed by atoms with Crippen molar-refractivity contribution in [2.24, 2.45) is 0 Å². The molecule has 34 heavy (non-hydrogen) atoms. The Balaban J connectivity index is 1.55. The van der Waals surface area contributed by atoms with E-state index >= 15 is 0 Å². The Bertz CT molecular complexity index is 1290. The first-order chi connectivity index (χ1) is 16.4. The van der Waals surface area contributed by atoms with Gasteiger partial charge in [-0.1, -0.05) is 36.4 Å². The third-order valence-electron chi connectivity index (χ3n) is 4.84. The Kier molecular flexibility index (Phi) is 6.35. The highest BCUT2D eigenvalue weighted by Crippen LogP contribution is 2.26. The number of anilines is 2. The summed E-state index contributed by atoms with van der Waals surface area (Å²) >= 11 is 0. The van der Waals surface area contributed by atoms with Crippen LogP contribution in [0.15, 0.2) is 84.4 Å². The van der Waals surface area contributed by atoms with Crippen molar-refractivity contribution in [2.75, 3.05) is 16.8 Å². The molecule has 0 spiro atoms. The van der Waals surface area contributed by atoms with Crippen molar-refractivity contribution in [2.45, 2.75) is 0 Å². The number of urea groups is 1. The molecule has 4 rings (SSSR count). The molecule has 0 aromatic heterocycles. The fraction of sp³-hybridized carbons (Fsp3) is 0.0400. The summed E-state index contributed by atoms with van der Waals surface area (Å²) in [5.74, 6) is -1.85. The fourth-order valence-corrected chi connectivity index (χ4v) is 3.24. The van der Waals surface area contributed by atoms with E-state index < -0.39 is 17.8 Å². The van der Waals surface area contributed by atoms with Crippen molar-refractivity contribution in [1.29, 1.82) is 0 Å². The quantitative estimate of drug-likeness (QED) is 0.386. The third-order valence-corrected chi connectivity index (χ3v) is 4.84. The van der Waals surface area contributed by atoms with Gasteiger partial charge in [-0.05, 0) is 48.5 Å². The van der Waals surface area contributed by atoms with Gasteiger partial charge in [0.05, 0.1) is 5.69 Å². The summed E-state index contributed by atoms with van der Waals surface area (Å²) < 4.78 is 5.62. The maximum absolute atomic E-state index is 13.0. The number of barbiturate groups is 1. The summed E-state index contributed by atoms with van der Waals surface area (Å²) in [6.07, 6.45) is 1.29. The van der Waals surface area contributed by atoms with Crippen LogP contribution < -0.4 is 20.3 Å². The fourth-order valence-electron chi connectivity index (χ4n) is 3.24. The summed E-state index contributed by atoms with van der Waals surface area (Å²) in [5.41, 5.74) is 0.877. The number of hydrogen-bond acceptors (Lipinski definition) is 6. The number of aromatic hydroxyl groups is 1. The molecule has 0 bridgehead atoms. The minimum absolute atomic E-state index is 0.0390. The molecule has 0 unspecified atom stereocenters. The standard InChI is InChI=1S/C25H19N3O6/c29-19-12-10-18(11-13-19)28-24(32)20(23(31)27-25(28)33)14-16-6-4-5-9-21(16)34-15-22(30)26-17-7-2-1-3-8-17/h1-14,29H,15H2,(H,26,30)(H,27,31,33)/b20-14+. The van der Waals surface area contributed by atoms with Crippen molar-refractivity contribution in [3.8, 4) is 11.5 Å². The molecule has 9 heteroatoms. The van der Waals surface area contributed by atoms with E-state index in [0.29, 0.717) is 11.3 Å². The number of rotatable bonds is 6. The van der Waals surface area contributed by atoms with Gasteiger partial charge in [-0.3, -0.25) is 19.7 Å². The molecule has 1 aliphatic heterocycles.